The smallest absolute Gasteiger partial charge is 0.234 e. The largest absolute Gasteiger partial charge is 0.368 e. The van der Waals surface area contributed by atoms with E-state index in [0.717, 1.165) is 19.4 Å². The summed E-state index contributed by atoms with van der Waals surface area (Å²) in [5, 5.41) is 3.18. The van der Waals surface area contributed by atoms with Crippen LogP contribution in [0.15, 0.2) is 18.2 Å². The van der Waals surface area contributed by atoms with Gasteiger partial charge in [-0.05, 0) is 50.3 Å². The molecule has 3 nitrogen and oxygen atoms in total. The number of piperidine rings is 1. The van der Waals surface area contributed by atoms with Crippen molar-refractivity contribution in [3.05, 3.63) is 34.9 Å². The summed E-state index contributed by atoms with van der Waals surface area (Å²) in [6, 6.07) is 6.36. The third-order valence-electron chi connectivity index (χ3n) is 3.62. The van der Waals surface area contributed by atoms with Crippen molar-refractivity contribution in [1.82, 2.24) is 5.32 Å². The third-order valence-corrected chi connectivity index (χ3v) is 3.62. The van der Waals surface area contributed by atoms with Crippen molar-refractivity contribution in [2.75, 3.05) is 6.54 Å². The van der Waals surface area contributed by atoms with E-state index in [1.165, 1.54) is 16.7 Å². The van der Waals surface area contributed by atoms with Crippen LogP contribution in [0.3, 0.4) is 0 Å². The summed E-state index contributed by atoms with van der Waals surface area (Å²) in [4.78, 5) is 11.2. The molecule has 1 aromatic carbocycles. The van der Waals surface area contributed by atoms with Crippen LogP contribution < -0.4 is 11.1 Å². The summed E-state index contributed by atoms with van der Waals surface area (Å²) in [6.45, 7) is 5.11. The predicted molar refractivity (Wildman–Crippen MR) is 68.9 cm³/mol. The Morgan fingerprint density at radius 3 is 2.88 bits per heavy atom. The van der Waals surface area contributed by atoms with E-state index in [-0.39, 0.29) is 11.9 Å². The van der Waals surface area contributed by atoms with Gasteiger partial charge in [0.05, 0.1) is 6.04 Å². The van der Waals surface area contributed by atoms with E-state index in [0.29, 0.717) is 5.92 Å². The number of primary amides is 1. The van der Waals surface area contributed by atoms with Crippen LogP contribution in [-0.2, 0) is 4.79 Å². The van der Waals surface area contributed by atoms with Gasteiger partial charge in [-0.25, -0.2) is 0 Å². The molecule has 1 aliphatic rings. The lowest BCUT2D eigenvalue weighted by molar-refractivity contribution is -0.120. The van der Waals surface area contributed by atoms with E-state index >= 15 is 0 Å². The van der Waals surface area contributed by atoms with Crippen LogP contribution >= 0.6 is 0 Å². The zero-order valence-corrected chi connectivity index (χ0v) is 10.5. The highest BCUT2D eigenvalue weighted by Crippen LogP contribution is 2.30. The average Bonchev–Trinajstić information content (AvgIpc) is 2.32. The molecule has 3 N–H and O–H groups in total. The number of nitrogens with two attached hydrogens (primary N) is 1. The molecule has 0 aromatic heterocycles. The number of hydrogen-bond acceptors (Lipinski definition) is 2. The molecule has 1 saturated heterocycles. The van der Waals surface area contributed by atoms with Crippen LogP contribution in [0.4, 0.5) is 0 Å². The number of carbonyl (C=O) groups is 1. The Balaban J connectivity index is 2.21. The Morgan fingerprint density at radius 2 is 2.18 bits per heavy atom. The zero-order valence-electron chi connectivity index (χ0n) is 10.5. The number of benzene rings is 1. The quantitative estimate of drug-likeness (QED) is 0.814. The van der Waals surface area contributed by atoms with E-state index < -0.39 is 0 Å². The highest BCUT2D eigenvalue weighted by Gasteiger charge is 2.26. The molecule has 0 aliphatic carbocycles. The Hall–Kier alpha value is -1.35. The Bertz CT molecular complexity index is 428. The molecule has 3 heteroatoms. The van der Waals surface area contributed by atoms with Gasteiger partial charge in [0.2, 0.25) is 5.91 Å². The number of nitrogens with one attached hydrogen (secondary N) is 1. The highest BCUT2D eigenvalue weighted by atomic mass is 16.1. The molecule has 0 bridgehead atoms. The normalized spacial score (nSPS) is 24.6. The molecule has 1 fully saturated rings. The number of aryl methyl sites for hydroxylation is 2. The third kappa shape index (κ3) is 2.67. The van der Waals surface area contributed by atoms with Crippen molar-refractivity contribution < 1.29 is 4.79 Å². The summed E-state index contributed by atoms with van der Waals surface area (Å²) >= 11 is 0. The van der Waals surface area contributed by atoms with Crippen molar-refractivity contribution >= 4 is 5.91 Å². The fourth-order valence-electron chi connectivity index (χ4n) is 2.62. The summed E-state index contributed by atoms with van der Waals surface area (Å²) in [5.41, 5.74) is 9.34. The zero-order chi connectivity index (χ0) is 12.4. The number of rotatable bonds is 2. The van der Waals surface area contributed by atoms with Crippen LogP contribution in [0.1, 0.15) is 35.4 Å². The average molecular weight is 232 g/mol. The fraction of sp³-hybridized carbons (Fsp3) is 0.500. The molecule has 2 rings (SSSR count). The predicted octanol–water partition coefficient (Wildman–Crippen LogP) is 1.62. The minimum atomic E-state index is -0.236. The standard InChI is InChI=1S/C14H20N2O/c1-9-3-4-10(2)12(7-9)11-5-6-16-13(8-11)14(15)17/h3-4,7,11,13,16H,5-6,8H2,1-2H3,(H2,15,17). The highest BCUT2D eigenvalue weighted by molar-refractivity contribution is 5.80. The maximum atomic E-state index is 11.2. The van der Waals surface area contributed by atoms with Crippen LogP contribution in [0.25, 0.3) is 0 Å². The van der Waals surface area contributed by atoms with E-state index in [1.807, 2.05) is 0 Å². The molecule has 92 valence electrons. The molecule has 2 atom stereocenters. The minimum Gasteiger partial charge on any atom is -0.368 e. The molecule has 1 amide bonds. The van der Waals surface area contributed by atoms with E-state index in [1.54, 1.807) is 0 Å². The molecule has 17 heavy (non-hydrogen) atoms. The maximum Gasteiger partial charge on any atom is 0.234 e. The molecular formula is C14H20N2O. The first-order valence-electron chi connectivity index (χ1n) is 6.18. The first kappa shape index (κ1) is 12.1. The topological polar surface area (TPSA) is 55.1 Å². The maximum absolute atomic E-state index is 11.2. The lowest BCUT2D eigenvalue weighted by Crippen LogP contribution is -2.46. The summed E-state index contributed by atoms with van der Waals surface area (Å²) in [7, 11) is 0. The van der Waals surface area contributed by atoms with Crippen molar-refractivity contribution in [2.45, 2.75) is 38.6 Å². The second-order valence-electron chi connectivity index (χ2n) is 4.99. The number of amides is 1. The molecule has 1 aliphatic heterocycles. The van der Waals surface area contributed by atoms with Crippen molar-refractivity contribution in [3.8, 4) is 0 Å². The number of carbonyl (C=O) groups excluding carboxylic acids is 1. The van der Waals surface area contributed by atoms with Gasteiger partial charge in [-0.2, -0.15) is 0 Å². The van der Waals surface area contributed by atoms with Crippen LogP contribution in [-0.4, -0.2) is 18.5 Å². The van der Waals surface area contributed by atoms with E-state index in [9.17, 15) is 4.79 Å². The second kappa shape index (κ2) is 4.88. The van der Waals surface area contributed by atoms with Gasteiger partial charge in [-0.15, -0.1) is 0 Å². The SMILES string of the molecule is Cc1ccc(C)c(C2CCNC(C(N)=O)C2)c1. The van der Waals surface area contributed by atoms with Gasteiger partial charge in [-0.3, -0.25) is 4.79 Å². The Morgan fingerprint density at radius 1 is 1.41 bits per heavy atom. The summed E-state index contributed by atoms with van der Waals surface area (Å²) in [6.07, 6.45) is 1.90. The fourth-order valence-corrected chi connectivity index (χ4v) is 2.62. The van der Waals surface area contributed by atoms with Crippen molar-refractivity contribution in [3.63, 3.8) is 0 Å². The molecule has 0 radical (unpaired) electrons. The van der Waals surface area contributed by atoms with Gasteiger partial charge in [-0.1, -0.05) is 23.8 Å². The molecule has 1 heterocycles. The van der Waals surface area contributed by atoms with Crippen LogP contribution in [0, 0.1) is 13.8 Å². The van der Waals surface area contributed by atoms with Crippen LogP contribution in [0.2, 0.25) is 0 Å². The van der Waals surface area contributed by atoms with Crippen LogP contribution in [0.5, 0.6) is 0 Å². The molecule has 0 saturated carbocycles. The van der Waals surface area contributed by atoms with Gasteiger partial charge in [0.25, 0.3) is 0 Å². The lowest BCUT2D eigenvalue weighted by atomic mass is 9.83. The van der Waals surface area contributed by atoms with E-state index in [2.05, 4.69) is 37.4 Å². The van der Waals surface area contributed by atoms with Gasteiger partial charge < -0.3 is 11.1 Å². The summed E-state index contributed by atoms with van der Waals surface area (Å²) in [5.74, 6) is 0.216. The molecular weight excluding hydrogens is 212 g/mol. The minimum absolute atomic E-state index is 0.173. The molecule has 0 spiro atoms. The van der Waals surface area contributed by atoms with Gasteiger partial charge >= 0.3 is 0 Å². The Labute approximate surface area is 102 Å². The first-order valence-corrected chi connectivity index (χ1v) is 6.18. The van der Waals surface area contributed by atoms with Crippen molar-refractivity contribution in [1.29, 1.82) is 0 Å². The van der Waals surface area contributed by atoms with Crippen molar-refractivity contribution in [2.24, 2.45) is 5.73 Å². The Kier molecular flexibility index (Phi) is 3.48. The number of hydrogen-bond donors (Lipinski definition) is 2. The second-order valence-corrected chi connectivity index (χ2v) is 4.99. The van der Waals surface area contributed by atoms with E-state index in [4.69, 9.17) is 5.73 Å². The molecule has 1 aromatic rings. The molecule has 2 unspecified atom stereocenters. The van der Waals surface area contributed by atoms with Gasteiger partial charge in [0.1, 0.15) is 0 Å². The first-order chi connectivity index (χ1) is 8.08. The lowest BCUT2D eigenvalue weighted by Gasteiger charge is -2.29. The van der Waals surface area contributed by atoms with Gasteiger partial charge in [0, 0.05) is 0 Å². The monoisotopic (exact) mass is 232 g/mol. The summed E-state index contributed by atoms with van der Waals surface area (Å²) < 4.78 is 0. The van der Waals surface area contributed by atoms with Gasteiger partial charge in [0.15, 0.2) is 0 Å².